The van der Waals surface area contributed by atoms with Crippen molar-refractivity contribution in [2.24, 2.45) is 5.73 Å². The standard InChI is InChI=1S/C16H25NO2/c1-5-6-18-16-13(17)9-15(16)19-14-8-10(2)7-11(3)12(14)4/h7-8,13,15-16H,5-6,9,17H2,1-4H3. The van der Waals surface area contributed by atoms with Gasteiger partial charge < -0.3 is 15.2 Å². The lowest BCUT2D eigenvalue weighted by Crippen LogP contribution is -2.59. The van der Waals surface area contributed by atoms with Crippen molar-refractivity contribution in [3.63, 3.8) is 0 Å². The highest BCUT2D eigenvalue weighted by molar-refractivity contribution is 5.42. The summed E-state index contributed by atoms with van der Waals surface area (Å²) in [7, 11) is 0. The second kappa shape index (κ2) is 5.93. The third-order valence-electron chi connectivity index (χ3n) is 3.85. The van der Waals surface area contributed by atoms with E-state index < -0.39 is 0 Å². The van der Waals surface area contributed by atoms with Crippen LogP contribution in [0, 0.1) is 20.8 Å². The van der Waals surface area contributed by atoms with Crippen LogP contribution in [-0.2, 0) is 4.74 Å². The summed E-state index contributed by atoms with van der Waals surface area (Å²) in [4.78, 5) is 0. The fourth-order valence-corrected chi connectivity index (χ4v) is 2.50. The maximum atomic E-state index is 6.12. The van der Waals surface area contributed by atoms with Gasteiger partial charge in [0.1, 0.15) is 18.0 Å². The van der Waals surface area contributed by atoms with E-state index in [2.05, 4.69) is 39.8 Å². The molecule has 0 aromatic heterocycles. The Hall–Kier alpha value is -1.06. The largest absolute Gasteiger partial charge is 0.487 e. The molecule has 3 atom stereocenters. The molecular weight excluding hydrogens is 238 g/mol. The lowest BCUT2D eigenvalue weighted by atomic mass is 9.86. The van der Waals surface area contributed by atoms with Crippen LogP contribution in [0.4, 0.5) is 0 Å². The topological polar surface area (TPSA) is 44.5 Å². The first-order valence-corrected chi connectivity index (χ1v) is 7.14. The molecule has 0 saturated heterocycles. The summed E-state index contributed by atoms with van der Waals surface area (Å²) in [6.45, 7) is 9.17. The van der Waals surface area contributed by atoms with E-state index in [1.807, 2.05) is 0 Å². The molecule has 1 aliphatic rings. The molecular formula is C16H25NO2. The zero-order valence-corrected chi connectivity index (χ0v) is 12.4. The van der Waals surface area contributed by atoms with Gasteiger partial charge in [0, 0.05) is 19.1 Å². The summed E-state index contributed by atoms with van der Waals surface area (Å²) in [5.41, 5.74) is 9.71. The molecule has 2 rings (SSSR count). The number of hydrogen-bond acceptors (Lipinski definition) is 3. The van der Waals surface area contributed by atoms with Crippen LogP contribution in [0.25, 0.3) is 0 Å². The van der Waals surface area contributed by atoms with Gasteiger partial charge in [-0.25, -0.2) is 0 Å². The monoisotopic (exact) mass is 263 g/mol. The Bertz CT molecular complexity index is 445. The highest BCUT2D eigenvalue weighted by Gasteiger charge is 2.41. The molecule has 0 heterocycles. The lowest BCUT2D eigenvalue weighted by molar-refractivity contribution is -0.0982. The predicted octanol–water partition coefficient (Wildman–Crippen LogP) is 2.89. The summed E-state index contributed by atoms with van der Waals surface area (Å²) < 4.78 is 11.9. The first-order valence-electron chi connectivity index (χ1n) is 7.14. The highest BCUT2D eigenvalue weighted by Crippen LogP contribution is 2.31. The Kier molecular flexibility index (Phi) is 4.48. The van der Waals surface area contributed by atoms with Crippen LogP contribution in [0.15, 0.2) is 12.1 Å². The van der Waals surface area contributed by atoms with Gasteiger partial charge in [0.05, 0.1) is 0 Å². The van der Waals surface area contributed by atoms with E-state index in [-0.39, 0.29) is 18.2 Å². The molecule has 19 heavy (non-hydrogen) atoms. The van der Waals surface area contributed by atoms with Crippen LogP contribution in [0.1, 0.15) is 36.5 Å². The predicted molar refractivity (Wildman–Crippen MR) is 77.7 cm³/mol. The van der Waals surface area contributed by atoms with Gasteiger partial charge in [-0.2, -0.15) is 0 Å². The summed E-state index contributed by atoms with van der Waals surface area (Å²) >= 11 is 0. The second-order valence-electron chi connectivity index (χ2n) is 5.60. The molecule has 0 amide bonds. The molecule has 1 aromatic rings. The van der Waals surface area contributed by atoms with E-state index in [9.17, 15) is 0 Å². The molecule has 0 bridgehead atoms. The van der Waals surface area contributed by atoms with Crippen LogP contribution in [0.3, 0.4) is 0 Å². The van der Waals surface area contributed by atoms with E-state index >= 15 is 0 Å². The first-order chi connectivity index (χ1) is 9.02. The number of nitrogens with two attached hydrogens (primary N) is 1. The van der Waals surface area contributed by atoms with E-state index in [0.717, 1.165) is 25.2 Å². The average molecular weight is 263 g/mol. The van der Waals surface area contributed by atoms with Gasteiger partial charge in [0.15, 0.2) is 0 Å². The van der Waals surface area contributed by atoms with Crippen LogP contribution >= 0.6 is 0 Å². The Morgan fingerprint density at radius 1 is 1.26 bits per heavy atom. The van der Waals surface area contributed by atoms with Gasteiger partial charge in [-0.15, -0.1) is 0 Å². The Labute approximate surface area is 116 Å². The molecule has 106 valence electrons. The quantitative estimate of drug-likeness (QED) is 0.888. The fourth-order valence-electron chi connectivity index (χ4n) is 2.50. The molecule has 1 aliphatic carbocycles. The van der Waals surface area contributed by atoms with Gasteiger partial charge in [-0.3, -0.25) is 0 Å². The highest BCUT2D eigenvalue weighted by atomic mass is 16.5. The maximum Gasteiger partial charge on any atom is 0.128 e. The van der Waals surface area contributed by atoms with Crippen molar-refractivity contribution >= 4 is 0 Å². The van der Waals surface area contributed by atoms with Crippen molar-refractivity contribution in [3.8, 4) is 5.75 Å². The molecule has 1 saturated carbocycles. The van der Waals surface area contributed by atoms with E-state index in [1.54, 1.807) is 0 Å². The van der Waals surface area contributed by atoms with Crippen molar-refractivity contribution in [1.82, 2.24) is 0 Å². The molecule has 3 unspecified atom stereocenters. The van der Waals surface area contributed by atoms with Gasteiger partial charge in [-0.1, -0.05) is 13.0 Å². The van der Waals surface area contributed by atoms with Crippen molar-refractivity contribution in [1.29, 1.82) is 0 Å². The zero-order valence-electron chi connectivity index (χ0n) is 12.4. The number of rotatable bonds is 5. The summed E-state index contributed by atoms with van der Waals surface area (Å²) in [5.74, 6) is 0.972. The van der Waals surface area contributed by atoms with Crippen LogP contribution in [0.2, 0.25) is 0 Å². The normalized spacial score (nSPS) is 26.1. The molecule has 3 heteroatoms. The van der Waals surface area contributed by atoms with Gasteiger partial charge in [0.25, 0.3) is 0 Å². The van der Waals surface area contributed by atoms with Crippen molar-refractivity contribution in [2.75, 3.05) is 6.61 Å². The van der Waals surface area contributed by atoms with Gasteiger partial charge in [-0.05, 0) is 49.9 Å². The zero-order chi connectivity index (χ0) is 14.0. The molecule has 2 N–H and O–H groups in total. The minimum atomic E-state index is 0.0418. The number of benzene rings is 1. The van der Waals surface area contributed by atoms with E-state index in [1.165, 1.54) is 16.7 Å². The summed E-state index contributed by atoms with van der Waals surface area (Å²) in [6, 6.07) is 4.39. The van der Waals surface area contributed by atoms with Crippen molar-refractivity contribution in [2.45, 2.75) is 58.8 Å². The Balaban J connectivity index is 2.05. The molecule has 3 nitrogen and oxygen atoms in total. The van der Waals surface area contributed by atoms with Crippen LogP contribution < -0.4 is 10.5 Å². The minimum absolute atomic E-state index is 0.0418. The third-order valence-corrected chi connectivity index (χ3v) is 3.85. The number of ether oxygens (including phenoxy) is 2. The summed E-state index contributed by atoms with van der Waals surface area (Å²) in [5, 5.41) is 0. The smallest absolute Gasteiger partial charge is 0.128 e. The summed E-state index contributed by atoms with van der Waals surface area (Å²) in [6.07, 6.45) is 2.03. The van der Waals surface area contributed by atoms with Crippen molar-refractivity contribution in [3.05, 3.63) is 28.8 Å². The minimum Gasteiger partial charge on any atom is -0.487 e. The van der Waals surface area contributed by atoms with Gasteiger partial charge >= 0.3 is 0 Å². The second-order valence-corrected chi connectivity index (χ2v) is 5.60. The molecule has 0 spiro atoms. The van der Waals surface area contributed by atoms with Crippen molar-refractivity contribution < 1.29 is 9.47 Å². The van der Waals surface area contributed by atoms with Crippen LogP contribution in [0.5, 0.6) is 5.75 Å². The lowest BCUT2D eigenvalue weighted by Gasteiger charge is -2.42. The Morgan fingerprint density at radius 2 is 2.00 bits per heavy atom. The SMILES string of the molecule is CCCOC1C(N)CC1Oc1cc(C)cc(C)c1C. The van der Waals surface area contributed by atoms with E-state index in [0.29, 0.717) is 0 Å². The fraction of sp³-hybridized carbons (Fsp3) is 0.625. The molecule has 0 aliphatic heterocycles. The van der Waals surface area contributed by atoms with Crippen LogP contribution in [-0.4, -0.2) is 24.9 Å². The molecule has 0 radical (unpaired) electrons. The molecule has 1 aromatic carbocycles. The number of hydrogen-bond donors (Lipinski definition) is 1. The average Bonchev–Trinajstić information content (AvgIpc) is 2.35. The van der Waals surface area contributed by atoms with Gasteiger partial charge in [0.2, 0.25) is 0 Å². The molecule has 1 fully saturated rings. The first kappa shape index (κ1) is 14.4. The van der Waals surface area contributed by atoms with E-state index in [4.69, 9.17) is 15.2 Å². The Morgan fingerprint density at radius 3 is 2.63 bits per heavy atom. The number of aryl methyl sites for hydroxylation is 2. The maximum absolute atomic E-state index is 6.12. The third kappa shape index (κ3) is 3.10.